The molecule has 17 heavy (non-hydrogen) atoms. The fraction of sp³-hybridized carbons (Fsp3) is 0.273. The van der Waals surface area contributed by atoms with Crippen molar-refractivity contribution in [2.24, 2.45) is 0 Å². The SMILES string of the molecule is COc1ccc(Cc2nnc(N)o2)cc1OC. The maximum atomic E-state index is 5.35. The number of ether oxygens (including phenoxy) is 2. The first-order chi connectivity index (χ1) is 8.22. The molecule has 0 radical (unpaired) electrons. The van der Waals surface area contributed by atoms with Crippen molar-refractivity contribution >= 4 is 6.01 Å². The van der Waals surface area contributed by atoms with E-state index in [0.29, 0.717) is 23.8 Å². The first kappa shape index (κ1) is 11.3. The quantitative estimate of drug-likeness (QED) is 0.858. The third-order valence-corrected chi connectivity index (χ3v) is 2.29. The van der Waals surface area contributed by atoms with Crippen LogP contribution in [0, 0.1) is 0 Å². The highest BCUT2D eigenvalue weighted by Gasteiger charge is 2.08. The van der Waals surface area contributed by atoms with Gasteiger partial charge < -0.3 is 19.6 Å². The van der Waals surface area contributed by atoms with Gasteiger partial charge in [0.25, 0.3) is 0 Å². The van der Waals surface area contributed by atoms with Crippen LogP contribution in [0.25, 0.3) is 0 Å². The van der Waals surface area contributed by atoms with Crippen molar-refractivity contribution in [2.75, 3.05) is 20.0 Å². The molecule has 0 aliphatic carbocycles. The summed E-state index contributed by atoms with van der Waals surface area (Å²) in [7, 11) is 3.18. The topological polar surface area (TPSA) is 83.4 Å². The lowest BCUT2D eigenvalue weighted by molar-refractivity contribution is 0.354. The van der Waals surface area contributed by atoms with Crippen molar-refractivity contribution in [3.05, 3.63) is 29.7 Å². The average Bonchev–Trinajstić information content (AvgIpc) is 2.74. The second-order valence-electron chi connectivity index (χ2n) is 3.40. The predicted octanol–water partition coefficient (Wildman–Crippen LogP) is 1.26. The van der Waals surface area contributed by atoms with Gasteiger partial charge in [-0.2, -0.15) is 0 Å². The highest BCUT2D eigenvalue weighted by Crippen LogP contribution is 2.28. The number of nitrogens with two attached hydrogens (primary N) is 1. The number of aromatic nitrogens is 2. The predicted molar refractivity (Wildman–Crippen MR) is 61.1 cm³/mol. The van der Waals surface area contributed by atoms with Crippen LogP contribution in [0.4, 0.5) is 6.01 Å². The molecule has 0 bridgehead atoms. The van der Waals surface area contributed by atoms with E-state index in [-0.39, 0.29) is 6.01 Å². The second kappa shape index (κ2) is 4.73. The van der Waals surface area contributed by atoms with Crippen molar-refractivity contribution < 1.29 is 13.9 Å². The zero-order valence-corrected chi connectivity index (χ0v) is 9.64. The average molecular weight is 235 g/mol. The van der Waals surface area contributed by atoms with Crippen LogP contribution in [0.3, 0.4) is 0 Å². The minimum absolute atomic E-state index is 0.0699. The Morgan fingerprint density at radius 2 is 1.94 bits per heavy atom. The Labute approximate surface area is 98.4 Å². The number of hydrogen-bond acceptors (Lipinski definition) is 6. The minimum atomic E-state index is 0.0699. The lowest BCUT2D eigenvalue weighted by Gasteiger charge is -2.08. The molecule has 1 aromatic carbocycles. The summed E-state index contributed by atoms with van der Waals surface area (Å²) in [5.41, 5.74) is 6.33. The van der Waals surface area contributed by atoms with Crippen molar-refractivity contribution in [1.82, 2.24) is 10.2 Å². The molecule has 2 rings (SSSR count). The van der Waals surface area contributed by atoms with E-state index in [1.54, 1.807) is 14.2 Å². The third kappa shape index (κ3) is 2.47. The molecule has 0 amide bonds. The fourth-order valence-electron chi connectivity index (χ4n) is 1.50. The first-order valence-corrected chi connectivity index (χ1v) is 5.01. The molecule has 2 N–H and O–H groups in total. The van der Waals surface area contributed by atoms with E-state index in [2.05, 4.69) is 10.2 Å². The molecule has 6 nitrogen and oxygen atoms in total. The Morgan fingerprint density at radius 1 is 1.18 bits per heavy atom. The molecular formula is C11H13N3O3. The van der Waals surface area contributed by atoms with E-state index in [1.165, 1.54) is 0 Å². The van der Waals surface area contributed by atoms with Crippen molar-refractivity contribution in [3.8, 4) is 11.5 Å². The molecular weight excluding hydrogens is 222 g/mol. The number of benzene rings is 1. The summed E-state index contributed by atoms with van der Waals surface area (Å²) in [6.07, 6.45) is 0.505. The van der Waals surface area contributed by atoms with Gasteiger partial charge in [0.15, 0.2) is 11.5 Å². The molecule has 0 fully saturated rings. The Morgan fingerprint density at radius 3 is 2.53 bits per heavy atom. The Balaban J connectivity index is 2.22. The Kier molecular flexibility index (Phi) is 3.13. The standard InChI is InChI=1S/C11H13N3O3/c1-15-8-4-3-7(5-9(8)16-2)6-10-13-14-11(12)17-10/h3-5H,6H2,1-2H3,(H2,12,14). The zero-order chi connectivity index (χ0) is 12.3. The van der Waals surface area contributed by atoms with Crippen LogP contribution < -0.4 is 15.2 Å². The van der Waals surface area contributed by atoms with Gasteiger partial charge >= 0.3 is 6.01 Å². The Bertz CT molecular complexity index is 510. The number of anilines is 1. The van der Waals surface area contributed by atoms with Crippen LogP contribution >= 0.6 is 0 Å². The summed E-state index contributed by atoms with van der Waals surface area (Å²) in [6, 6.07) is 5.66. The van der Waals surface area contributed by atoms with Crippen molar-refractivity contribution in [3.63, 3.8) is 0 Å². The highest BCUT2D eigenvalue weighted by molar-refractivity contribution is 5.43. The molecule has 2 aromatic rings. The lowest BCUT2D eigenvalue weighted by Crippen LogP contribution is -1.94. The lowest BCUT2D eigenvalue weighted by atomic mass is 10.1. The smallest absolute Gasteiger partial charge is 0.312 e. The van der Waals surface area contributed by atoms with E-state index < -0.39 is 0 Å². The number of hydrogen-bond donors (Lipinski definition) is 1. The van der Waals surface area contributed by atoms with Crippen LogP contribution in [-0.4, -0.2) is 24.4 Å². The number of rotatable bonds is 4. The first-order valence-electron chi connectivity index (χ1n) is 5.01. The van der Waals surface area contributed by atoms with Crippen LogP contribution in [0.5, 0.6) is 11.5 Å². The van der Waals surface area contributed by atoms with Gasteiger partial charge in [-0.15, -0.1) is 5.10 Å². The van der Waals surface area contributed by atoms with E-state index in [0.717, 1.165) is 5.56 Å². The molecule has 0 saturated heterocycles. The van der Waals surface area contributed by atoms with Gasteiger partial charge in [0.2, 0.25) is 5.89 Å². The van der Waals surface area contributed by atoms with Crippen molar-refractivity contribution in [1.29, 1.82) is 0 Å². The van der Waals surface area contributed by atoms with Crippen LogP contribution in [0.15, 0.2) is 22.6 Å². The summed E-state index contributed by atoms with van der Waals surface area (Å²) >= 11 is 0. The summed E-state index contributed by atoms with van der Waals surface area (Å²) in [5.74, 6) is 1.81. The van der Waals surface area contributed by atoms with Gasteiger partial charge in [0, 0.05) is 0 Å². The van der Waals surface area contributed by atoms with Gasteiger partial charge in [0.1, 0.15) is 0 Å². The van der Waals surface area contributed by atoms with E-state index >= 15 is 0 Å². The summed E-state index contributed by atoms with van der Waals surface area (Å²) in [5, 5.41) is 7.39. The minimum Gasteiger partial charge on any atom is -0.493 e. The maximum Gasteiger partial charge on any atom is 0.312 e. The fourth-order valence-corrected chi connectivity index (χ4v) is 1.50. The van der Waals surface area contributed by atoms with Gasteiger partial charge in [-0.3, -0.25) is 0 Å². The Hall–Kier alpha value is -2.24. The molecule has 0 atom stereocenters. The van der Waals surface area contributed by atoms with Gasteiger partial charge in [-0.05, 0) is 17.7 Å². The molecule has 0 saturated carbocycles. The monoisotopic (exact) mass is 235 g/mol. The van der Waals surface area contributed by atoms with E-state index in [9.17, 15) is 0 Å². The normalized spacial score (nSPS) is 10.2. The van der Waals surface area contributed by atoms with Crippen molar-refractivity contribution in [2.45, 2.75) is 6.42 Å². The largest absolute Gasteiger partial charge is 0.493 e. The van der Waals surface area contributed by atoms with Gasteiger partial charge in [-0.25, -0.2) is 0 Å². The van der Waals surface area contributed by atoms with E-state index in [1.807, 2.05) is 18.2 Å². The van der Waals surface area contributed by atoms with Crippen LogP contribution in [-0.2, 0) is 6.42 Å². The maximum absolute atomic E-state index is 5.35. The molecule has 1 aromatic heterocycles. The summed E-state index contributed by atoms with van der Waals surface area (Å²) in [4.78, 5) is 0. The molecule has 6 heteroatoms. The van der Waals surface area contributed by atoms with Crippen LogP contribution in [0.2, 0.25) is 0 Å². The summed E-state index contributed by atoms with van der Waals surface area (Å²) in [6.45, 7) is 0. The van der Waals surface area contributed by atoms with E-state index in [4.69, 9.17) is 19.6 Å². The zero-order valence-electron chi connectivity index (χ0n) is 9.64. The summed E-state index contributed by atoms with van der Waals surface area (Å²) < 4.78 is 15.5. The molecule has 1 heterocycles. The molecule has 0 aliphatic rings. The number of methoxy groups -OCH3 is 2. The molecule has 90 valence electrons. The molecule has 0 spiro atoms. The number of nitrogens with zero attached hydrogens (tertiary/aromatic N) is 2. The molecule has 0 aliphatic heterocycles. The third-order valence-electron chi connectivity index (χ3n) is 2.29. The number of nitrogen functional groups attached to an aromatic ring is 1. The highest BCUT2D eigenvalue weighted by atomic mass is 16.5. The second-order valence-corrected chi connectivity index (χ2v) is 3.40. The van der Waals surface area contributed by atoms with Gasteiger partial charge in [-0.1, -0.05) is 11.2 Å². The van der Waals surface area contributed by atoms with Gasteiger partial charge in [0.05, 0.1) is 20.6 Å². The molecule has 0 unspecified atom stereocenters. The van der Waals surface area contributed by atoms with Crippen LogP contribution in [0.1, 0.15) is 11.5 Å².